The van der Waals surface area contributed by atoms with Crippen molar-refractivity contribution in [2.24, 2.45) is 11.7 Å². The lowest BCUT2D eigenvalue weighted by atomic mass is 10.0. The molecule has 5 nitrogen and oxygen atoms in total. The molecule has 0 spiro atoms. The molecule has 128 valence electrons. The fourth-order valence-corrected chi connectivity index (χ4v) is 4.10. The minimum atomic E-state index is 0.151. The Morgan fingerprint density at radius 1 is 1.35 bits per heavy atom. The number of fused-ring (bicyclic) bond motifs is 1. The summed E-state index contributed by atoms with van der Waals surface area (Å²) in [6.45, 7) is 5.42. The van der Waals surface area contributed by atoms with Crippen molar-refractivity contribution >= 4 is 5.91 Å². The molecule has 2 heterocycles. The van der Waals surface area contributed by atoms with Gasteiger partial charge in [-0.3, -0.25) is 4.79 Å². The molecule has 2 N–H and O–H groups in total. The summed E-state index contributed by atoms with van der Waals surface area (Å²) in [4.78, 5) is 19.7. The first kappa shape index (κ1) is 16.5. The molecule has 5 heteroatoms. The fraction of sp³-hybridized carbons (Fsp3) is 0.778. The van der Waals surface area contributed by atoms with Gasteiger partial charge in [0.1, 0.15) is 11.5 Å². The van der Waals surface area contributed by atoms with E-state index in [0.717, 1.165) is 44.0 Å². The number of amides is 1. The molecule has 0 radical (unpaired) electrons. The van der Waals surface area contributed by atoms with Crippen molar-refractivity contribution in [2.45, 2.75) is 64.3 Å². The Labute approximate surface area is 139 Å². The molecule has 3 rings (SSSR count). The van der Waals surface area contributed by atoms with E-state index in [1.165, 1.54) is 32.1 Å². The van der Waals surface area contributed by atoms with E-state index in [-0.39, 0.29) is 5.91 Å². The molecule has 1 amide bonds. The minimum absolute atomic E-state index is 0.151. The zero-order chi connectivity index (χ0) is 16.2. The average molecular weight is 318 g/mol. The molecule has 1 aromatic rings. The Hall–Kier alpha value is -1.36. The lowest BCUT2D eigenvalue weighted by Crippen LogP contribution is -2.38. The van der Waals surface area contributed by atoms with Crippen LogP contribution in [0.4, 0.5) is 0 Å². The summed E-state index contributed by atoms with van der Waals surface area (Å²) in [5, 5.41) is 0. The first-order chi connectivity index (χ1) is 11.2. The van der Waals surface area contributed by atoms with Gasteiger partial charge in [-0.1, -0.05) is 19.8 Å². The predicted octanol–water partition coefficient (Wildman–Crippen LogP) is 2.76. The Morgan fingerprint density at radius 2 is 2.13 bits per heavy atom. The molecule has 1 atom stereocenters. The van der Waals surface area contributed by atoms with Crippen molar-refractivity contribution in [1.29, 1.82) is 0 Å². The molecule has 1 unspecified atom stereocenters. The third-order valence-corrected chi connectivity index (χ3v) is 5.44. The number of imidazole rings is 1. The van der Waals surface area contributed by atoms with Crippen LogP contribution in [0.1, 0.15) is 74.1 Å². The second kappa shape index (κ2) is 7.47. The van der Waals surface area contributed by atoms with Crippen LogP contribution in [0.15, 0.2) is 6.20 Å². The van der Waals surface area contributed by atoms with Gasteiger partial charge in [-0.2, -0.15) is 0 Å². The third kappa shape index (κ3) is 3.60. The van der Waals surface area contributed by atoms with E-state index in [1.54, 1.807) is 6.20 Å². The largest absolute Gasteiger partial charge is 0.337 e. The average Bonchev–Trinajstić information content (AvgIpc) is 3.20. The molecule has 1 aliphatic carbocycles. The maximum Gasteiger partial charge on any atom is 0.272 e. The summed E-state index contributed by atoms with van der Waals surface area (Å²) >= 11 is 0. The first-order valence-corrected chi connectivity index (χ1v) is 9.25. The Balaban J connectivity index is 1.76. The van der Waals surface area contributed by atoms with Crippen LogP contribution >= 0.6 is 0 Å². The predicted molar refractivity (Wildman–Crippen MR) is 91.4 cm³/mol. The fourth-order valence-electron chi connectivity index (χ4n) is 4.10. The van der Waals surface area contributed by atoms with Crippen molar-refractivity contribution < 1.29 is 4.79 Å². The van der Waals surface area contributed by atoms with Gasteiger partial charge in [-0.05, 0) is 44.6 Å². The number of hydrogen-bond acceptors (Lipinski definition) is 3. The van der Waals surface area contributed by atoms with E-state index >= 15 is 0 Å². The van der Waals surface area contributed by atoms with Crippen LogP contribution in [0, 0.1) is 5.92 Å². The molecule has 0 aromatic carbocycles. The Bertz CT molecular complexity index is 533. The maximum absolute atomic E-state index is 13.1. The number of rotatable bonds is 6. The highest BCUT2D eigenvalue weighted by Crippen LogP contribution is 2.29. The Kier molecular flexibility index (Phi) is 5.36. The van der Waals surface area contributed by atoms with E-state index < -0.39 is 0 Å². The van der Waals surface area contributed by atoms with Crippen molar-refractivity contribution in [2.75, 3.05) is 19.6 Å². The molecule has 0 saturated heterocycles. The number of nitrogens with zero attached hydrogens (tertiary/aromatic N) is 3. The van der Waals surface area contributed by atoms with Crippen molar-refractivity contribution in [3.8, 4) is 0 Å². The van der Waals surface area contributed by atoms with Gasteiger partial charge in [-0.15, -0.1) is 0 Å². The molecule has 1 aliphatic heterocycles. The standard InChI is InChI=1S/C18H30N4O/c1-14-6-4-11-22-16(12-20-17(14)22)18(23)21(10-5-9-19)13-15-7-2-3-8-15/h12,14-15H,2-11,13,19H2,1H3. The summed E-state index contributed by atoms with van der Waals surface area (Å²) in [5.74, 6) is 2.36. The highest BCUT2D eigenvalue weighted by molar-refractivity contribution is 5.92. The molecule has 0 bridgehead atoms. The molecule has 1 aromatic heterocycles. The van der Waals surface area contributed by atoms with Gasteiger partial charge in [0.15, 0.2) is 0 Å². The van der Waals surface area contributed by atoms with Gasteiger partial charge in [0.25, 0.3) is 5.91 Å². The van der Waals surface area contributed by atoms with E-state index in [0.29, 0.717) is 18.4 Å². The summed E-state index contributed by atoms with van der Waals surface area (Å²) in [6.07, 6.45) is 10.1. The third-order valence-electron chi connectivity index (χ3n) is 5.44. The minimum Gasteiger partial charge on any atom is -0.337 e. The van der Waals surface area contributed by atoms with Gasteiger partial charge in [0.05, 0.1) is 6.20 Å². The van der Waals surface area contributed by atoms with Crippen LogP contribution in [0.25, 0.3) is 0 Å². The second-order valence-corrected chi connectivity index (χ2v) is 7.24. The van der Waals surface area contributed by atoms with E-state index in [1.807, 2.05) is 4.90 Å². The van der Waals surface area contributed by atoms with Crippen LogP contribution in [-0.2, 0) is 6.54 Å². The molecule has 1 fully saturated rings. The molecule has 23 heavy (non-hydrogen) atoms. The smallest absolute Gasteiger partial charge is 0.272 e. The number of carbonyl (C=O) groups excluding carboxylic acids is 1. The summed E-state index contributed by atoms with van der Waals surface area (Å²) in [6, 6.07) is 0. The number of nitrogens with two attached hydrogens (primary N) is 1. The van der Waals surface area contributed by atoms with Crippen LogP contribution < -0.4 is 5.73 Å². The van der Waals surface area contributed by atoms with Gasteiger partial charge >= 0.3 is 0 Å². The van der Waals surface area contributed by atoms with Gasteiger partial charge in [0, 0.05) is 25.6 Å². The number of carbonyl (C=O) groups is 1. The first-order valence-electron chi connectivity index (χ1n) is 9.25. The molecular formula is C18H30N4O. The van der Waals surface area contributed by atoms with Gasteiger partial charge < -0.3 is 15.2 Å². The zero-order valence-electron chi connectivity index (χ0n) is 14.3. The van der Waals surface area contributed by atoms with E-state index in [2.05, 4.69) is 16.5 Å². The Morgan fingerprint density at radius 3 is 2.87 bits per heavy atom. The number of aromatic nitrogens is 2. The zero-order valence-corrected chi connectivity index (χ0v) is 14.3. The summed E-state index contributed by atoms with van der Waals surface area (Å²) < 4.78 is 2.15. The normalized spacial score (nSPS) is 21.4. The van der Waals surface area contributed by atoms with E-state index in [9.17, 15) is 4.79 Å². The van der Waals surface area contributed by atoms with Crippen LogP contribution in [0.5, 0.6) is 0 Å². The number of hydrogen-bond donors (Lipinski definition) is 1. The highest BCUT2D eigenvalue weighted by Gasteiger charge is 2.28. The lowest BCUT2D eigenvalue weighted by molar-refractivity contribution is 0.0715. The molecular weight excluding hydrogens is 288 g/mol. The summed E-state index contributed by atoms with van der Waals surface area (Å²) in [7, 11) is 0. The van der Waals surface area contributed by atoms with E-state index in [4.69, 9.17) is 5.73 Å². The molecule has 2 aliphatic rings. The van der Waals surface area contributed by atoms with Gasteiger partial charge in [0.2, 0.25) is 0 Å². The summed E-state index contributed by atoms with van der Waals surface area (Å²) in [5.41, 5.74) is 6.46. The van der Waals surface area contributed by atoms with Crippen LogP contribution in [-0.4, -0.2) is 40.0 Å². The SMILES string of the molecule is CC1CCCn2c(C(=O)N(CCCN)CC3CCCC3)cnc21. The maximum atomic E-state index is 13.1. The topological polar surface area (TPSA) is 64.2 Å². The molecule has 1 saturated carbocycles. The second-order valence-electron chi connectivity index (χ2n) is 7.24. The van der Waals surface area contributed by atoms with Gasteiger partial charge in [-0.25, -0.2) is 4.98 Å². The van der Waals surface area contributed by atoms with Crippen molar-refractivity contribution in [3.05, 3.63) is 17.7 Å². The van der Waals surface area contributed by atoms with Crippen LogP contribution in [0.2, 0.25) is 0 Å². The highest BCUT2D eigenvalue weighted by atomic mass is 16.2. The quantitative estimate of drug-likeness (QED) is 0.877. The van der Waals surface area contributed by atoms with Crippen molar-refractivity contribution in [1.82, 2.24) is 14.5 Å². The monoisotopic (exact) mass is 318 g/mol. The van der Waals surface area contributed by atoms with Crippen molar-refractivity contribution in [3.63, 3.8) is 0 Å². The van der Waals surface area contributed by atoms with Crippen LogP contribution in [0.3, 0.4) is 0 Å². The lowest BCUT2D eigenvalue weighted by Gasteiger charge is -2.27.